The van der Waals surface area contributed by atoms with Crippen LogP contribution >= 0.6 is 0 Å². The Kier molecular flexibility index (Phi) is 3.06. The Balaban J connectivity index is 2.17. The first kappa shape index (κ1) is 12.5. The second-order valence-corrected chi connectivity index (χ2v) is 4.86. The maximum Gasteiger partial charge on any atom is 0.319 e. The fourth-order valence-corrected chi connectivity index (χ4v) is 1.62. The molecule has 0 radical (unpaired) electrons. The molecule has 0 saturated heterocycles. The molecule has 98 valence electrons. The van der Waals surface area contributed by atoms with Crippen LogP contribution in [-0.4, -0.2) is 37.8 Å². The quantitative estimate of drug-likeness (QED) is 0.703. The van der Waals surface area contributed by atoms with E-state index in [9.17, 15) is 14.7 Å². The highest BCUT2D eigenvalue weighted by Gasteiger charge is 2.44. The largest absolute Gasteiger partial charge is 0.480 e. The Morgan fingerprint density at radius 1 is 1.61 bits per heavy atom. The maximum atomic E-state index is 12.0. The third-order valence-electron chi connectivity index (χ3n) is 3.20. The predicted octanol–water partition coefficient (Wildman–Crippen LogP) is -0.273. The van der Waals surface area contributed by atoms with Gasteiger partial charge in [-0.05, 0) is 19.8 Å². The van der Waals surface area contributed by atoms with Crippen molar-refractivity contribution in [3.05, 3.63) is 12.2 Å². The molecule has 1 saturated carbocycles. The van der Waals surface area contributed by atoms with E-state index in [1.54, 1.807) is 7.05 Å². The van der Waals surface area contributed by atoms with Crippen molar-refractivity contribution in [3.63, 3.8) is 0 Å². The van der Waals surface area contributed by atoms with Gasteiger partial charge in [-0.2, -0.15) is 5.10 Å². The van der Waals surface area contributed by atoms with Crippen molar-refractivity contribution in [2.75, 3.05) is 0 Å². The lowest BCUT2D eigenvalue weighted by Crippen LogP contribution is -2.47. The molecule has 1 atom stereocenters. The van der Waals surface area contributed by atoms with Gasteiger partial charge in [0.05, 0.1) is 0 Å². The minimum absolute atomic E-state index is 0.0252. The molecule has 1 aliphatic carbocycles. The van der Waals surface area contributed by atoms with Crippen LogP contribution in [0.2, 0.25) is 0 Å². The standard InChI is InChI=1S/C11H16N4O3/c1-11(10(17)18,9(16)14-7-3-4-7)5-8-12-6-13-15(8)2/h6-7H,3-5H2,1-2H3,(H,14,16)(H,17,18). The van der Waals surface area contributed by atoms with Gasteiger partial charge < -0.3 is 10.4 Å². The number of carboxylic acid groups (broad SMARTS) is 1. The van der Waals surface area contributed by atoms with Crippen LogP contribution in [0.15, 0.2) is 6.33 Å². The van der Waals surface area contributed by atoms with Crippen molar-refractivity contribution in [2.24, 2.45) is 12.5 Å². The normalized spacial score (nSPS) is 18.1. The highest BCUT2D eigenvalue weighted by molar-refractivity contribution is 6.01. The van der Waals surface area contributed by atoms with E-state index < -0.39 is 17.3 Å². The molecule has 7 nitrogen and oxygen atoms in total. The van der Waals surface area contributed by atoms with Crippen molar-refractivity contribution < 1.29 is 14.7 Å². The average molecular weight is 252 g/mol. The van der Waals surface area contributed by atoms with E-state index in [0.29, 0.717) is 5.82 Å². The Hall–Kier alpha value is -1.92. The summed E-state index contributed by atoms with van der Waals surface area (Å²) in [7, 11) is 1.67. The van der Waals surface area contributed by atoms with Crippen LogP contribution in [0.3, 0.4) is 0 Å². The zero-order valence-corrected chi connectivity index (χ0v) is 10.4. The molecule has 1 heterocycles. The van der Waals surface area contributed by atoms with Gasteiger partial charge in [0.2, 0.25) is 5.91 Å². The van der Waals surface area contributed by atoms with Crippen molar-refractivity contribution in [2.45, 2.75) is 32.2 Å². The number of aromatic nitrogens is 3. The van der Waals surface area contributed by atoms with Crippen molar-refractivity contribution in [1.29, 1.82) is 0 Å². The number of rotatable bonds is 5. The van der Waals surface area contributed by atoms with Crippen LogP contribution in [0.5, 0.6) is 0 Å². The summed E-state index contributed by atoms with van der Waals surface area (Å²) in [6, 6.07) is 0.135. The third kappa shape index (κ3) is 2.34. The number of carbonyl (C=O) groups is 2. The molecule has 0 bridgehead atoms. The van der Waals surface area contributed by atoms with Crippen LogP contribution < -0.4 is 5.32 Å². The molecule has 7 heteroatoms. The van der Waals surface area contributed by atoms with E-state index in [4.69, 9.17) is 0 Å². The second kappa shape index (κ2) is 4.40. The Bertz CT molecular complexity index is 480. The smallest absolute Gasteiger partial charge is 0.319 e. The number of carboxylic acids is 1. The highest BCUT2D eigenvalue weighted by Crippen LogP contribution is 2.26. The van der Waals surface area contributed by atoms with Crippen molar-refractivity contribution >= 4 is 11.9 Å². The summed E-state index contributed by atoms with van der Waals surface area (Å²) in [6.07, 6.45) is 3.21. The van der Waals surface area contributed by atoms with E-state index in [1.807, 2.05) is 0 Å². The molecular formula is C11H16N4O3. The molecular weight excluding hydrogens is 236 g/mol. The number of aryl methyl sites for hydroxylation is 1. The Morgan fingerprint density at radius 3 is 2.72 bits per heavy atom. The van der Waals surface area contributed by atoms with Crippen LogP contribution in [0.25, 0.3) is 0 Å². The minimum Gasteiger partial charge on any atom is -0.480 e. The molecule has 2 N–H and O–H groups in total. The lowest BCUT2D eigenvalue weighted by atomic mass is 9.85. The molecule has 1 amide bonds. The summed E-state index contributed by atoms with van der Waals surface area (Å²) < 4.78 is 1.48. The average Bonchev–Trinajstić information content (AvgIpc) is 3.03. The van der Waals surface area contributed by atoms with E-state index >= 15 is 0 Å². The zero-order valence-electron chi connectivity index (χ0n) is 10.4. The van der Waals surface area contributed by atoms with E-state index in [-0.39, 0.29) is 12.5 Å². The lowest BCUT2D eigenvalue weighted by molar-refractivity contribution is -0.154. The number of nitrogens with zero attached hydrogens (tertiary/aromatic N) is 3. The van der Waals surface area contributed by atoms with Crippen molar-refractivity contribution in [1.82, 2.24) is 20.1 Å². The van der Waals surface area contributed by atoms with Crippen LogP contribution in [0.1, 0.15) is 25.6 Å². The van der Waals surface area contributed by atoms with Gasteiger partial charge in [0.25, 0.3) is 0 Å². The molecule has 1 aromatic heterocycles. The highest BCUT2D eigenvalue weighted by atomic mass is 16.4. The SMILES string of the molecule is Cn1ncnc1CC(C)(C(=O)O)C(=O)NC1CC1. The molecule has 2 rings (SSSR count). The minimum atomic E-state index is -1.51. The number of amides is 1. The Labute approximate surface area is 104 Å². The molecule has 1 aliphatic rings. The van der Waals surface area contributed by atoms with E-state index in [0.717, 1.165) is 12.8 Å². The summed E-state index contributed by atoms with van der Waals surface area (Å²) in [4.78, 5) is 27.4. The van der Waals surface area contributed by atoms with Crippen molar-refractivity contribution in [3.8, 4) is 0 Å². The number of aliphatic carboxylic acids is 1. The van der Waals surface area contributed by atoms with Gasteiger partial charge in [0.15, 0.2) is 5.41 Å². The second-order valence-electron chi connectivity index (χ2n) is 4.86. The van der Waals surface area contributed by atoms with Gasteiger partial charge in [-0.1, -0.05) is 0 Å². The molecule has 0 aromatic carbocycles. The maximum absolute atomic E-state index is 12.0. The van der Waals surface area contributed by atoms with Gasteiger partial charge in [-0.15, -0.1) is 0 Å². The molecule has 18 heavy (non-hydrogen) atoms. The number of nitrogens with one attached hydrogen (secondary N) is 1. The Morgan fingerprint density at radius 2 is 2.28 bits per heavy atom. The number of hydrogen-bond acceptors (Lipinski definition) is 4. The lowest BCUT2D eigenvalue weighted by Gasteiger charge is -2.23. The predicted molar refractivity (Wildman–Crippen MR) is 61.6 cm³/mol. The number of carbonyl (C=O) groups excluding carboxylic acids is 1. The van der Waals surface area contributed by atoms with Gasteiger partial charge in [-0.3, -0.25) is 14.3 Å². The zero-order chi connectivity index (χ0) is 13.3. The van der Waals surface area contributed by atoms with Gasteiger partial charge >= 0.3 is 5.97 Å². The molecule has 1 fully saturated rings. The summed E-state index contributed by atoms with van der Waals surface area (Å²) in [5, 5.41) is 15.9. The van der Waals surface area contributed by atoms with E-state index in [1.165, 1.54) is 17.9 Å². The van der Waals surface area contributed by atoms with E-state index in [2.05, 4.69) is 15.4 Å². The van der Waals surface area contributed by atoms with Crippen LogP contribution in [-0.2, 0) is 23.1 Å². The topological polar surface area (TPSA) is 97.1 Å². The molecule has 0 aliphatic heterocycles. The third-order valence-corrected chi connectivity index (χ3v) is 3.20. The molecule has 1 unspecified atom stereocenters. The summed E-state index contributed by atoms with van der Waals surface area (Å²) in [5.74, 6) is -1.13. The first-order valence-electron chi connectivity index (χ1n) is 5.80. The van der Waals surface area contributed by atoms with Gasteiger partial charge in [0, 0.05) is 19.5 Å². The number of hydrogen-bond donors (Lipinski definition) is 2. The molecule has 0 spiro atoms. The summed E-state index contributed by atoms with van der Waals surface area (Å²) in [5.41, 5.74) is -1.51. The summed E-state index contributed by atoms with van der Waals surface area (Å²) in [6.45, 7) is 1.42. The first-order chi connectivity index (χ1) is 8.43. The monoisotopic (exact) mass is 252 g/mol. The fraction of sp³-hybridized carbons (Fsp3) is 0.636. The molecule has 1 aromatic rings. The van der Waals surface area contributed by atoms with Gasteiger partial charge in [0.1, 0.15) is 12.2 Å². The van der Waals surface area contributed by atoms with Crippen LogP contribution in [0, 0.1) is 5.41 Å². The fourth-order valence-electron chi connectivity index (χ4n) is 1.62. The first-order valence-corrected chi connectivity index (χ1v) is 5.80. The van der Waals surface area contributed by atoms with Gasteiger partial charge in [-0.25, -0.2) is 4.98 Å². The summed E-state index contributed by atoms with van der Waals surface area (Å²) >= 11 is 0. The van der Waals surface area contributed by atoms with Crippen LogP contribution in [0.4, 0.5) is 0 Å².